The third kappa shape index (κ3) is 3.20. The van der Waals surface area contributed by atoms with Gasteiger partial charge in [-0.2, -0.15) is 0 Å². The molecule has 2 N–H and O–H groups in total. The monoisotopic (exact) mass is 375 g/mol. The number of thiophene rings is 1. The third-order valence-corrected chi connectivity index (χ3v) is 6.50. The summed E-state index contributed by atoms with van der Waals surface area (Å²) in [5.74, 6) is -0.242. The number of aromatic nitrogens is 2. The van der Waals surface area contributed by atoms with Gasteiger partial charge in [0.15, 0.2) is 0 Å². The Labute approximate surface area is 154 Å². The maximum absolute atomic E-state index is 11.6. The lowest BCUT2D eigenvalue weighted by Gasteiger charge is -2.43. The van der Waals surface area contributed by atoms with Crippen LogP contribution in [-0.2, 0) is 23.3 Å². The topological polar surface area (TPSA) is 95.5 Å². The summed E-state index contributed by atoms with van der Waals surface area (Å²) >= 11 is 1.36. The van der Waals surface area contributed by atoms with Gasteiger partial charge in [0.1, 0.15) is 16.3 Å². The zero-order valence-electron chi connectivity index (χ0n) is 14.6. The highest BCUT2D eigenvalue weighted by atomic mass is 32.1. The number of hydrogen-bond acceptors (Lipinski definition) is 6. The Balaban J connectivity index is 1.50. The fraction of sp³-hybridized carbons (Fsp3) is 0.500. The summed E-state index contributed by atoms with van der Waals surface area (Å²) in [5.41, 5.74) is 1.41. The normalized spacial score (nSPS) is 19.4. The van der Waals surface area contributed by atoms with Crippen LogP contribution in [0, 0.1) is 6.92 Å². The summed E-state index contributed by atoms with van der Waals surface area (Å²) in [6.45, 7) is 4.71. The second-order valence-corrected chi connectivity index (χ2v) is 8.01. The Hall–Kier alpha value is -2.03. The van der Waals surface area contributed by atoms with Crippen LogP contribution in [0.4, 0.5) is 0 Å². The molecule has 0 atom stereocenters. The number of nitrogens with one attached hydrogen (secondary N) is 1. The molecule has 0 amide bonds. The van der Waals surface area contributed by atoms with E-state index in [1.54, 1.807) is 13.0 Å². The second-order valence-electron chi connectivity index (χ2n) is 6.96. The quantitative estimate of drug-likeness (QED) is 0.851. The smallest absolute Gasteiger partial charge is 0.345 e. The molecule has 1 spiro atoms. The van der Waals surface area contributed by atoms with Crippen molar-refractivity contribution in [2.45, 2.75) is 38.3 Å². The number of hydrogen-bond donors (Lipinski definition) is 2. The van der Waals surface area contributed by atoms with E-state index < -0.39 is 5.97 Å². The van der Waals surface area contributed by atoms with Crippen molar-refractivity contribution in [3.63, 3.8) is 0 Å². The molecule has 4 heterocycles. The summed E-state index contributed by atoms with van der Waals surface area (Å²) in [6.07, 6.45) is 2.42. The zero-order chi connectivity index (χ0) is 18.3. The van der Waals surface area contributed by atoms with Crippen LogP contribution in [0.3, 0.4) is 0 Å². The van der Waals surface area contributed by atoms with Crippen LogP contribution in [0.5, 0.6) is 0 Å². The average molecular weight is 375 g/mol. The Kier molecular flexibility index (Phi) is 4.42. The third-order valence-electron chi connectivity index (χ3n) is 5.15. The van der Waals surface area contributed by atoms with E-state index in [4.69, 9.17) is 4.74 Å². The van der Waals surface area contributed by atoms with Gasteiger partial charge in [-0.3, -0.25) is 9.69 Å². The van der Waals surface area contributed by atoms with Crippen molar-refractivity contribution < 1.29 is 14.6 Å². The molecule has 26 heavy (non-hydrogen) atoms. The van der Waals surface area contributed by atoms with Crippen molar-refractivity contribution in [3.8, 4) is 0 Å². The molecule has 0 radical (unpaired) electrons. The largest absolute Gasteiger partial charge is 0.477 e. The molecule has 0 unspecified atom stereocenters. The fourth-order valence-corrected chi connectivity index (χ4v) is 5.17. The minimum absolute atomic E-state index is 0.124. The molecule has 0 saturated carbocycles. The minimum Gasteiger partial charge on any atom is -0.477 e. The first-order chi connectivity index (χ1) is 12.4. The highest BCUT2D eigenvalue weighted by molar-refractivity contribution is 7.14. The van der Waals surface area contributed by atoms with Crippen LogP contribution < -0.4 is 5.56 Å². The van der Waals surface area contributed by atoms with Crippen molar-refractivity contribution >= 4 is 17.3 Å². The number of carboxylic acid groups (broad SMARTS) is 1. The average Bonchev–Trinajstić information content (AvgIpc) is 3.02. The van der Waals surface area contributed by atoms with Gasteiger partial charge < -0.3 is 14.8 Å². The van der Waals surface area contributed by atoms with Crippen LogP contribution in [0.1, 0.15) is 44.5 Å². The van der Waals surface area contributed by atoms with Crippen molar-refractivity contribution in [3.05, 3.63) is 49.3 Å². The Bertz CT molecular complexity index is 896. The molecule has 0 aliphatic carbocycles. The fourth-order valence-electron chi connectivity index (χ4n) is 3.92. The molecule has 0 bridgehead atoms. The lowest BCUT2D eigenvalue weighted by atomic mass is 9.85. The van der Waals surface area contributed by atoms with Gasteiger partial charge in [0, 0.05) is 30.6 Å². The Morgan fingerprint density at radius 2 is 2.19 bits per heavy atom. The number of piperidine rings is 1. The molecule has 138 valence electrons. The lowest BCUT2D eigenvalue weighted by Crippen LogP contribution is -2.45. The SMILES string of the molecule is Cc1nc(CN2CCC3(CC2)OCCc2cc(C(=O)O)sc23)cc(=O)[nH]1. The van der Waals surface area contributed by atoms with Gasteiger partial charge in [-0.15, -0.1) is 11.3 Å². The minimum atomic E-state index is -0.868. The van der Waals surface area contributed by atoms with Gasteiger partial charge in [0.2, 0.25) is 0 Å². The molecule has 2 aromatic heterocycles. The number of fused-ring (bicyclic) bond motifs is 2. The van der Waals surface area contributed by atoms with Crippen molar-refractivity contribution in [2.75, 3.05) is 19.7 Å². The van der Waals surface area contributed by atoms with Gasteiger partial charge in [0.25, 0.3) is 5.56 Å². The molecular weight excluding hydrogens is 354 g/mol. The van der Waals surface area contributed by atoms with E-state index in [-0.39, 0.29) is 11.2 Å². The van der Waals surface area contributed by atoms with Gasteiger partial charge in [0.05, 0.1) is 12.3 Å². The standard InChI is InChI=1S/C18H21N3O4S/c1-11-19-13(9-15(22)20-11)10-21-5-3-18(4-6-21)16-12(2-7-25-18)8-14(26-16)17(23)24/h8-9H,2-7,10H2,1H3,(H,23,24)(H,19,20,22). The number of carbonyl (C=O) groups is 1. The molecule has 7 nitrogen and oxygen atoms in total. The zero-order valence-corrected chi connectivity index (χ0v) is 15.4. The van der Waals surface area contributed by atoms with E-state index in [0.29, 0.717) is 23.9 Å². The predicted molar refractivity (Wildman–Crippen MR) is 96.7 cm³/mol. The van der Waals surface area contributed by atoms with E-state index in [2.05, 4.69) is 14.9 Å². The van der Waals surface area contributed by atoms with E-state index in [1.165, 1.54) is 11.3 Å². The first-order valence-electron chi connectivity index (χ1n) is 8.75. The summed E-state index contributed by atoms with van der Waals surface area (Å²) in [7, 11) is 0. The number of aromatic carboxylic acids is 1. The lowest BCUT2D eigenvalue weighted by molar-refractivity contribution is -0.0962. The number of aromatic amines is 1. The molecule has 1 saturated heterocycles. The van der Waals surface area contributed by atoms with Crippen molar-refractivity contribution in [1.29, 1.82) is 0 Å². The molecule has 2 aliphatic rings. The van der Waals surface area contributed by atoms with E-state index in [1.807, 2.05) is 6.07 Å². The van der Waals surface area contributed by atoms with Gasteiger partial charge in [-0.05, 0) is 37.8 Å². The summed E-state index contributed by atoms with van der Waals surface area (Å²) < 4.78 is 6.18. The highest BCUT2D eigenvalue weighted by Crippen LogP contribution is 2.45. The van der Waals surface area contributed by atoms with E-state index >= 15 is 0 Å². The van der Waals surface area contributed by atoms with Crippen LogP contribution in [-0.4, -0.2) is 45.6 Å². The Morgan fingerprint density at radius 3 is 2.88 bits per heavy atom. The number of rotatable bonds is 3. The molecule has 2 aliphatic heterocycles. The van der Waals surface area contributed by atoms with Gasteiger partial charge in [-0.1, -0.05) is 0 Å². The first kappa shape index (κ1) is 17.4. The number of carboxylic acids is 1. The molecule has 1 fully saturated rings. The summed E-state index contributed by atoms with van der Waals surface area (Å²) in [6, 6.07) is 3.35. The Morgan fingerprint density at radius 1 is 1.42 bits per heavy atom. The van der Waals surface area contributed by atoms with Crippen LogP contribution in [0.2, 0.25) is 0 Å². The summed E-state index contributed by atoms with van der Waals surface area (Å²) in [5, 5.41) is 9.30. The second kappa shape index (κ2) is 6.61. The van der Waals surface area contributed by atoms with Crippen LogP contribution in [0.25, 0.3) is 0 Å². The van der Waals surface area contributed by atoms with E-state index in [9.17, 15) is 14.7 Å². The maximum Gasteiger partial charge on any atom is 0.345 e. The first-order valence-corrected chi connectivity index (χ1v) is 9.56. The molecule has 0 aromatic carbocycles. The molecule has 2 aromatic rings. The highest BCUT2D eigenvalue weighted by Gasteiger charge is 2.42. The van der Waals surface area contributed by atoms with Crippen LogP contribution >= 0.6 is 11.3 Å². The number of H-pyrrole nitrogens is 1. The number of likely N-dealkylation sites (tertiary alicyclic amines) is 1. The number of ether oxygens (including phenoxy) is 1. The molecule has 4 rings (SSSR count). The molecule has 8 heteroatoms. The molecular formula is C18H21N3O4S. The van der Waals surface area contributed by atoms with Gasteiger partial charge >= 0.3 is 5.97 Å². The number of aryl methyl sites for hydroxylation is 1. The maximum atomic E-state index is 11.6. The number of nitrogens with zero attached hydrogens (tertiary/aromatic N) is 2. The predicted octanol–water partition coefficient (Wildman–Crippen LogP) is 1.90. The van der Waals surface area contributed by atoms with Gasteiger partial charge in [-0.25, -0.2) is 9.78 Å². The van der Waals surface area contributed by atoms with E-state index in [0.717, 1.165) is 48.5 Å². The summed E-state index contributed by atoms with van der Waals surface area (Å²) in [4.78, 5) is 33.8. The van der Waals surface area contributed by atoms with Crippen LogP contribution in [0.15, 0.2) is 16.9 Å². The van der Waals surface area contributed by atoms with Crippen molar-refractivity contribution in [2.24, 2.45) is 0 Å². The van der Waals surface area contributed by atoms with Crippen molar-refractivity contribution in [1.82, 2.24) is 14.9 Å².